The molecule has 1 saturated heterocycles. The maximum Gasteiger partial charge on any atom is 0.262 e. The predicted molar refractivity (Wildman–Crippen MR) is 154 cm³/mol. The summed E-state index contributed by atoms with van der Waals surface area (Å²) in [6, 6.07) is 15.0. The van der Waals surface area contributed by atoms with Crippen molar-refractivity contribution in [3.63, 3.8) is 0 Å². The fourth-order valence-corrected chi connectivity index (χ4v) is 7.03. The number of rotatable bonds is 9. The highest BCUT2D eigenvalue weighted by atomic mass is 32.2. The number of nitrogens with one attached hydrogen (secondary N) is 2. The molecule has 4 rings (SSSR count). The molecule has 1 heterocycles. The van der Waals surface area contributed by atoms with E-state index in [-0.39, 0.29) is 21.4 Å². The Hall–Kier alpha value is -3.22. The van der Waals surface area contributed by atoms with Crippen LogP contribution in [-0.2, 0) is 20.0 Å². The minimum absolute atomic E-state index is 0.0484. The fraction of sp³-hybridized carbons (Fsp3) is 0.296. The van der Waals surface area contributed by atoms with Gasteiger partial charge in [0.25, 0.3) is 26.0 Å². The zero-order valence-corrected chi connectivity index (χ0v) is 24.4. The van der Waals surface area contributed by atoms with E-state index >= 15 is 0 Å². The number of amides is 1. The van der Waals surface area contributed by atoms with Crippen molar-refractivity contribution in [1.82, 2.24) is 4.90 Å². The molecule has 2 N–H and O–H groups in total. The number of carbonyl (C=O) groups excluding carboxylic acids is 1. The summed E-state index contributed by atoms with van der Waals surface area (Å²) in [6.45, 7) is 3.14. The molecular formula is C27H31N3O6S3. The molecule has 3 aromatic rings. The summed E-state index contributed by atoms with van der Waals surface area (Å²) in [5, 5.41) is 0. The number of benzene rings is 3. The first kappa shape index (κ1) is 28.8. The molecule has 1 fully saturated rings. The molecule has 0 atom stereocenters. The van der Waals surface area contributed by atoms with Crippen molar-refractivity contribution < 1.29 is 26.4 Å². The molecule has 0 aromatic heterocycles. The molecule has 0 aliphatic carbocycles. The lowest BCUT2D eigenvalue weighted by Gasteiger charge is -2.27. The number of nitrogens with zero attached hydrogens (tertiary/aromatic N) is 1. The minimum atomic E-state index is -4.05. The van der Waals surface area contributed by atoms with Crippen molar-refractivity contribution in [3.8, 4) is 5.75 Å². The lowest BCUT2D eigenvalue weighted by molar-refractivity contribution is 0.0720. The molecule has 208 valence electrons. The monoisotopic (exact) mass is 589 g/mol. The van der Waals surface area contributed by atoms with Crippen molar-refractivity contribution in [2.24, 2.45) is 0 Å². The van der Waals surface area contributed by atoms with Gasteiger partial charge in [-0.2, -0.15) is 0 Å². The van der Waals surface area contributed by atoms with E-state index in [9.17, 15) is 21.6 Å². The van der Waals surface area contributed by atoms with Gasteiger partial charge in [-0.05, 0) is 92.6 Å². The van der Waals surface area contributed by atoms with Crippen LogP contribution >= 0.6 is 11.8 Å². The van der Waals surface area contributed by atoms with Gasteiger partial charge in [-0.1, -0.05) is 6.07 Å². The van der Waals surface area contributed by atoms with E-state index < -0.39 is 20.0 Å². The van der Waals surface area contributed by atoms with E-state index in [0.717, 1.165) is 24.8 Å². The second kappa shape index (κ2) is 11.9. The van der Waals surface area contributed by atoms with E-state index in [4.69, 9.17) is 4.74 Å². The van der Waals surface area contributed by atoms with Crippen molar-refractivity contribution in [3.05, 3.63) is 71.8 Å². The van der Waals surface area contributed by atoms with E-state index in [1.165, 1.54) is 55.3 Å². The molecule has 9 nitrogen and oxygen atoms in total. The summed E-state index contributed by atoms with van der Waals surface area (Å²) in [5.41, 5.74) is 1.68. The summed E-state index contributed by atoms with van der Waals surface area (Å²) in [4.78, 5) is 15.5. The van der Waals surface area contributed by atoms with Gasteiger partial charge in [-0.15, -0.1) is 11.8 Å². The van der Waals surface area contributed by atoms with Crippen LogP contribution in [0.15, 0.2) is 75.4 Å². The Balaban J connectivity index is 1.54. The molecule has 0 unspecified atom stereocenters. The first-order chi connectivity index (χ1) is 18.5. The third kappa shape index (κ3) is 6.68. The quantitative estimate of drug-likeness (QED) is 0.339. The van der Waals surface area contributed by atoms with Gasteiger partial charge in [-0.25, -0.2) is 16.8 Å². The lowest BCUT2D eigenvalue weighted by atomic mass is 10.1. The second-order valence-corrected chi connectivity index (χ2v) is 13.4. The molecule has 12 heteroatoms. The zero-order chi connectivity index (χ0) is 28.2. The van der Waals surface area contributed by atoms with Crippen LogP contribution in [0.25, 0.3) is 0 Å². The Morgan fingerprint density at radius 1 is 0.846 bits per heavy atom. The van der Waals surface area contributed by atoms with Gasteiger partial charge in [-0.3, -0.25) is 14.2 Å². The SMILES string of the molecule is COc1ccc(C)cc1NS(=O)(=O)c1ccc(NS(=O)(=O)c2ccc(SC)c(C(=O)N3CCCCC3)c2)cc1. The number of piperidine rings is 1. The number of carbonyl (C=O) groups is 1. The Morgan fingerprint density at radius 2 is 1.49 bits per heavy atom. The van der Waals surface area contributed by atoms with Crippen LogP contribution in [0.1, 0.15) is 35.2 Å². The van der Waals surface area contributed by atoms with Gasteiger partial charge in [0.05, 0.1) is 28.2 Å². The largest absolute Gasteiger partial charge is 0.495 e. The van der Waals surface area contributed by atoms with Gasteiger partial charge >= 0.3 is 0 Å². The summed E-state index contributed by atoms with van der Waals surface area (Å²) >= 11 is 1.38. The topological polar surface area (TPSA) is 122 Å². The van der Waals surface area contributed by atoms with Crippen molar-refractivity contribution in [1.29, 1.82) is 0 Å². The highest BCUT2D eigenvalue weighted by Crippen LogP contribution is 2.29. The lowest BCUT2D eigenvalue weighted by Crippen LogP contribution is -2.36. The molecule has 0 spiro atoms. The average molecular weight is 590 g/mol. The average Bonchev–Trinajstić information content (AvgIpc) is 2.92. The van der Waals surface area contributed by atoms with Crippen LogP contribution < -0.4 is 14.2 Å². The molecule has 0 bridgehead atoms. The Morgan fingerprint density at radius 3 is 2.13 bits per heavy atom. The van der Waals surface area contributed by atoms with Gasteiger partial charge in [0.1, 0.15) is 5.75 Å². The fourth-order valence-electron chi connectivity index (χ4n) is 4.31. The number of sulfonamides is 2. The van der Waals surface area contributed by atoms with E-state index in [1.807, 2.05) is 13.2 Å². The molecular weight excluding hydrogens is 559 g/mol. The third-order valence-electron chi connectivity index (χ3n) is 6.37. The molecule has 1 amide bonds. The third-order valence-corrected chi connectivity index (χ3v) is 9.93. The van der Waals surface area contributed by atoms with Crippen molar-refractivity contribution in [2.45, 2.75) is 40.9 Å². The summed E-state index contributed by atoms with van der Waals surface area (Å²) in [5.74, 6) is 0.197. The highest BCUT2D eigenvalue weighted by Gasteiger charge is 2.24. The Kier molecular flexibility index (Phi) is 8.77. The second-order valence-electron chi connectivity index (χ2n) is 9.15. The van der Waals surface area contributed by atoms with E-state index in [2.05, 4.69) is 9.44 Å². The van der Waals surface area contributed by atoms with Crippen LogP contribution in [0.2, 0.25) is 0 Å². The number of hydrogen-bond donors (Lipinski definition) is 2. The summed E-state index contributed by atoms with van der Waals surface area (Å²) < 4.78 is 62.5. The summed E-state index contributed by atoms with van der Waals surface area (Å²) in [6.07, 6.45) is 4.78. The number of hydrogen-bond acceptors (Lipinski definition) is 7. The van der Waals surface area contributed by atoms with Crippen LogP contribution in [0.3, 0.4) is 0 Å². The van der Waals surface area contributed by atoms with Gasteiger partial charge in [0.15, 0.2) is 0 Å². The number of anilines is 2. The highest BCUT2D eigenvalue weighted by molar-refractivity contribution is 7.98. The standard InChI is InChI=1S/C27H31N3O6S3/c1-19-7-13-25(36-2)24(17-19)29-38(32,33)21-10-8-20(9-11-21)28-39(34,35)22-12-14-26(37-3)23(18-22)27(31)30-15-5-4-6-16-30/h7-14,17-18,28-29H,4-6,15-16H2,1-3H3. The van der Waals surface area contributed by atoms with E-state index in [1.54, 1.807) is 29.2 Å². The molecule has 0 radical (unpaired) electrons. The number of methoxy groups -OCH3 is 1. The maximum atomic E-state index is 13.2. The molecule has 1 aliphatic heterocycles. The molecule has 1 aliphatic rings. The number of likely N-dealkylation sites (tertiary alicyclic amines) is 1. The minimum Gasteiger partial charge on any atom is -0.495 e. The predicted octanol–water partition coefficient (Wildman–Crippen LogP) is 4.95. The number of aryl methyl sites for hydroxylation is 1. The first-order valence-corrected chi connectivity index (χ1v) is 16.5. The molecule has 0 saturated carbocycles. The van der Waals surface area contributed by atoms with Crippen molar-refractivity contribution >= 4 is 49.1 Å². The van der Waals surface area contributed by atoms with Crippen LogP contribution in [0.4, 0.5) is 11.4 Å². The van der Waals surface area contributed by atoms with Crippen LogP contribution in [0, 0.1) is 6.92 Å². The molecule has 3 aromatic carbocycles. The summed E-state index contributed by atoms with van der Waals surface area (Å²) in [7, 11) is -6.56. The Labute approximate surface area is 234 Å². The van der Waals surface area contributed by atoms with Crippen LogP contribution in [-0.4, -0.2) is 54.1 Å². The van der Waals surface area contributed by atoms with Crippen molar-refractivity contribution in [2.75, 3.05) is 35.9 Å². The van der Waals surface area contributed by atoms with Gasteiger partial charge in [0, 0.05) is 23.7 Å². The number of ether oxygens (including phenoxy) is 1. The normalized spacial score (nSPS) is 14.1. The van der Waals surface area contributed by atoms with E-state index in [0.29, 0.717) is 35.0 Å². The zero-order valence-electron chi connectivity index (χ0n) is 21.9. The number of thioether (sulfide) groups is 1. The van der Waals surface area contributed by atoms with Gasteiger partial charge in [0.2, 0.25) is 0 Å². The maximum absolute atomic E-state index is 13.2. The smallest absolute Gasteiger partial charge is 0.262 e. The first-order valence-electron chi connectivity index (χ1n) is 12.3. The van der Waals surface area contributed by atoms with Gasteiger partial charge < -0.3 is 9.64 Å². The van der Waals surface area contributed by atoms with Crippen LogP contribution in [0.5, 0.6) is 5.75 Å². The Bertz CT molecular complexity index is 1570. The molecule has 39 heavy (non-hydrogen) atoms.